The Morgan fingerprint density at radius 1 is 1.29 bits per heavy atom. The van der Waals surface area contributed by atoms with Crippen molar-refractivity contribution < 1.29 is 4.74 Å². The number of hydrogen-bond donors (Lipinski definition) is 1. The zero-order valence-corrected chi connectivity index (χ0v) is 11.1. The second kappa shape index (κ2) is 5.09. The maximum atomic E-state index is 5.44. The minimum atomic E-state index is 0.420. The Bertz CT molecular complexity index is 354. The van der Waals surface area contributed by atoms with Gasteiger partial charge in [0.2, 0.25) is 0 Å². The smallest absolute Gasteiger partial charge is 0.119 e. The summed E-state index contributed by atoms with van der Waals surface area (Å²) in [6.07, 6.45) is 2.74. The molecular weight excluding hydrogens is 210 g/mol. The highest BCUT2D eigenvalue weighted by atomic mass is 16.5. The van der Waals surface area contributed by atoms with Crippen LogP contribution in [-0.4, -0.2) is 13.2 Å². The minimum Gasteiger partial charge on any atom is -0.494 e. The molecule has 1 fully saturated rings. The van der Waals surface area contributed by atoms with E-state index in [1.54, 1.807) is 0 Å². The highest BCUT2D eigenvalue weighted by Gasteiger charge is 2.36. The largest absolute Gasteiger partial charge is 0.494 e. The summed E-state index contributed by atoms with van der Waals surface area (Å²) >= 11 is 0. The van der Waals surface area contributed by atoms with Gasteiger partial charge in [0.25, 0.3) is 0 Å². The lowest BCUT2D eigenvalue weighted by Gasteiger charge is -2.17. The molecule has 94 valence electrons. The first-order valence-electron chi connectivity index (χ1n) is 6.59. The van der Waals surface area contributed by atoms with Crippen molar-refractivity contribution in [1.82, 2.24) is 5.32 Å². The van der Waals surface area contributed by atoms with Crippen molar-refractivity contribution in [1.29, 1.82) is 0 Å². The molecule has 0 heterocycles. The first-order chi connectivity index (χ1) is 8.13. The van der Waals surface area contributed by atoms with Crippen molar-refractivity contribution in [3.63, 3.8) is 0 Å². The van der Waals surface area contributed by atoms with E-state index in [2.05, 4.69) is 43.4 Å². The third kappa shape index (κ3) is 3.47. The van der Waals surface area contributed by atoms with E-state index in [4.69, 9.17) is 4.74 Å². The van der Waals surface area contributed by atoms with E-state index < -0.39 is 0 Å². The average Bonchev–Trinajstić information content (AvgIpc) is 3.06. The van der Waals surface area contributed by atoms with Crippen LogP contribution in [0.4, 0.5) is 0 Å². The second-order valence-corrected chi connectivity index (χ2v) is 5.42. The molecule has 0 bridgehead atoms. The summed E-state index contributed by atoms with van der Waals surface area (Å²) < 4.78 is 5.44. The molecule has 1 N–H and O–H groups in total. The topological polar surface area (TPSA) is 21.3 Å². The normalized spacial score (nSPS) is 18.8. The van der Waals surface area contributed by atoms with E-state index in [-0.39, 0.29) is 0 Å². The van der Waals surface area contributed by atoms with E-state index in [0.717, 1.165) is 18.9 Å². The molecule has 1 atom stereocenters. The Morgan fingerprint density at radius 2 is 1.94 bits per heavy atom. The Balaban J connectivity index is 1.87. The van der Waals surface area contributed by atoms with Gasteiger partial charge in [-0.2, -0.15) is 0 Å². The quantitative estimate of drug-likeness (QED) is 0.811. The highest BCUT2D eigenvalue weighted by molar-refractivity contribution is 5.28. The van der Waals surface area contributed by atoms with Crippen molar-refractivity contribution >= 4 is 0 Å². The number of nitrogens with one attached hydrogen (secondary N) is 1. The molecular formula is C15H23NO. The van der Waals surface area contributed by atoms with E-state index in [9.17, 15) is 0 Å². The lowest BCUT2D eigenvalue weighted by molar-refractivity contribution is 0.340. The summed E-state index contributed by atoms with van der Waals surface area (Å²) in [6.45, 7) is 8.44. The molecule has 1 unspecified atom stereocenters. The van der Waals surface area contributed by atoms with Crippen LogP contribution in [0.3, 0.4) is 0 Å². The van der Waals surface area contributed by atoms with E-state index >= 15 is 0 Å². The van der Waals surface area contributed by atoms with Gasteiger partial charge < -0.3 is 10.1 Å². The van der Waals surface area contributed by atoms with Crippen LogP contribution in [0.5, 0.6) is 5.75 Å². The molecule has 0 aliphatic heterocycles. The van der Waals surface area contributed by atoms with Gasteiger partial charge >= 0.3 is 0 Å². The predicted octanol–water partition coefficient (Wildman–Crippen LogP) is 3.54. The SMILES string of the molecule is CCOc1ccc(C(C)NCC2(C)CC2)cc1. The maximum absolute atomic E-state index is 5.44. The van der Waals surface area contributed by atoms with Crippen molar-refractivity contribution in [2.24, 2.45) is 5.41 Å². The molecule has 0 spiro atoms. The summed E-state index contributed by atoms with van der Waals surface area (Å²) in [4.78, 5) is 0. The Morgan fingerprint density at radius 3 is 2.47 bits per heavy atom. The van der Waals surface area contributed by atoms with Crippen molar-refractivity contribution in [3.8, 4) is 5.75 Å². The van der Waals surface area contributed by atoms with Crippen molar-refractivity contribution in [3.05, 3.63) is 29.8 Å². The molecule has 2 nitrogen and oxygen atoms in total. The van der Waals surface area contributed by atoms with Gasteiger partial charge in [-0.25, -0.2) is 0 Å². The lowest BCUT2D eigenvalue weighted by atomic mass is 10.1. The molecule has 0 amide bonds. The third-order valence-corrected chi connectivity index (χ3v) is 3.63. The fraction of sp³-hybridized carbons (Fsp3) is 0.600. The van der Waals surface area contributed by atoms with Gasteiger partial charge in [-0.05, 0) is 49.8 Å². The van der Waals surface area contributed by atoms with Gasteiger partial charge in [0.15, 0.2) is 0 Å². The van der Waals surface area contributed by atoms with Crippen LogP contribution >= 0.6 is 0 Å². The van der Waals surface area contributed by atoms with Gasteiger partial charge in [0.1, 0.15) is 5.75 Å². The molecule has 17 heavy (non-hydrogen) atoms. The van der Waals surface area contributed by atoms with Gasteiger partial charge in [-0.3, -0.25) is 0 Å². The van der Waals surface area contributed by atoms with Crippen LogP contribution < -0.4 is 10.1 Å². The minimum absolute atomic E-state index is 0.420. The molecule has 1 aromatic rings. The van der Waals surface area contributed by atoms with E-state index in [1.165, 1.54) is 18.4 Å². The van der Waals surface area contributed by atoms with Crippen LogP contribution in [0.15, 0.2) is 24.3 Å². The van der Waals surface area contributed by atoms with Gasteiger partial charge in [-0.1, -0.05) is 19.1 Å². The summed E-state index contributed by atoms with van der Waals surface area (Å²) in [6, 6.07) is 8.82. The van der Waals surface area contributed by atoms with Gasteiger partial charge in [0, 0.05) is 12.6 Å². The Kier molecular flexibility index (Phi) is 3.72. The zero-order valence-electron chi connectivity index (χ0n) is 11.1. The maximum Gasteiger partial charge on any atom is 0.119 e. The number of rotatable bonds is 6. The van der Waals surface area contributed by atoms with E-state index in [0.29, 0.717) is 11.5 Å². The summed E-state index contributed by atoms with van der Waals surface area (Å²) in [5.74, 6) is 0.956. The lowest BCUT2D eigenvalue weighted by Crippen LogP contribution is -2.25. The molecule has 0 radical (unpaired) electrons. The summed E-state index contributed by atoms with van der Waals surface area (Å²) in [5.41, 5.74) is 1.90. The van der Waals surface area contributed by atoms with Crippen LogP contribution in [0.2, 0.25) is 0 Å². The average molecular weight is 233 g/mol. The third-order valence-electron chi connectivity index (χ3n) is 3.63. The second-order valence-electron chi connectivity index (χ2n) is 5.42. The number of hydrogen-bond acceptors (Lipinski definition) is 2. The molecule has 0 saturated heterocycles. The first-order valence-corrected chi connectivity index (χ1v) is 6.59. The first kappa shape index (κ1) is 12.4. The van der Waals surface area contributed by atoms with Crippen LogP contribution in [-0.2, 0) is 0 Å². The summed E-state index contributed by atoms with van der Waals surface area (Å²) in [5, 5.41) is 3.61. The fourth-order valence-electron chi connectivity index (χ4n) is 1.93. The Hall–Kier alpha value is -1.02. The Labute approximate surface area is 104 Å². The van der Waals surface area contributed by atoms with E-state index in [1.807, 2.05) is 6.92 Å². The molecule has 2 rings (SSSR count). The fourth-order valence-corrected chi connectivity index (χ4v) is 1.93. The zero-order chi connectivity index (χ0) is 12.3. The molecule has 1 aliphatic carbocycles. The van der Waals surface area contributed by atoms with Crippen molar-refractivity contribution in [2.75, 3.05) is 13.2 Å². The number of ether oxygens (including phenoxy) is 1. The van der Waals surface area contributed by atoms with Gasteiger partial charge in [-0.15, -0.1) is 0 Å². The molecule has 1 aromatic carbocycles. The summed E-state index contributed by atoms with van der Waals surface area (Å²) in [7, 11) is 0. The van der Waals surface area contributed by atoms with Crippen molar-refractivity contribution in [2.45, 2.75) is 39.7 Å². The molecule has 1 aliphatic rings. The van der Waals surface area contributed by atoms with Crippen LogP contribution in [0.1, 0.15) is 45.2 Å². The number of benzene rings is 1. The predicted molar refractivity (Wildman–Crippen MR) is 71.4 cm³/mol. The monoisotopic (exact) mass is 233 g/mol. The van der Waals surface area contributed by atoms with Crippen LogP contribution in [0, 0.1) is 5.41 Å². The highest BCUT2D eigenvalue weighted by Crippen LogP contribution is 2.44. The molecule has 1 saturated carbocycles. The van der Waals surface area contributed by atoms with Crippen LogP contribution in [0.25, 0.3) is 0 Å². The standard InChI is InChI=1S/C15H23NO/c1-4-17-14-7-5-13(6-8-14)12(2)16-11-15(3)9-10-15/h5-8,12,16H,4,9-11H2,1-3H3. The molecule has 2 heteroatoms. The molecule has 0 aromatic heterocycles. The van der Waals surface area contributed by atoms with Gasteiger partial charge in [0.05, 0.1) is 6.61 Å².